The predicted molar refractivity (Wildman–Crippen MR) is 73.2 cm³/mol. The highest BCUT2D eigenvalue weighted by molar-refractivity contribution is 5.76. The van der Waals surface area contributed by atoms with Crippen LogP contribution in [0.4, 0.5) is 11.5 Å². The van der Waals surface area contributed by atoms with Crippen molar-refractivity contribution in [1.29, 1.82) is 0 Å². The molecule has 0 aromatic carbocycles. The van der Waals surface area contributed by atoms with Gasteiger partial charge in [-0.3, -0.25) is 19.1 Å². The van der Waals surface area contributed by atoms with Gasteiger partial charge in [-0.25, -0.2) is 4.79 Å². The van der Waals surface area contributed by atoms with Gasteiger partial charge < -0.3 is 16.4 Å². The summed E-state index contributed by atoms with van der Waals surface area (Å²) in [7, 11) is 0. The summed E-state index contributed by atoms with van der Waals surface area (Å²) < 4.78 is 1.25. The first-order chi connectivity index (χ1) is 9.01. The van der Waals surface area contributed by atoms with Gasteiger partial charge in [-0.2, -0.15) is 0 Å². The molecule has 0 fully saturated rings. The van der Waals surface area contributed by atoms with Gasteiger partial charge in [-0.15, -0.1) is 0 Å². The Bertz CT molecular complexity index is 560. The first kappa shape index (κ1) is 14.8. The minimum atomic E-state index is -0.580. The lowest BCUT2D eigenvalue weighted by Crippen LogP contribution is -2.34. The van der Waals surface area contributed by atoms with Crippen molar-refractivity contribution in [2.45, 2.75) is 26.8 Å². The number of nitrogens with one attached hydrogen (secondary N) is 3. The summed E-state index contributed by atoms with van der Waals surface area (Å²) in [5.74, 6) is -0.0408. The SMILES string of the molecule is CCNC(=O)CCNc1c(N)n(CC)c(=O)[nH]c1=O. The van der Waals surface area contributed by atoms with Crippen molar-refractivity contribution in [1.82, 2.24) is 14.9 Å². The lowest BCUT2D eigenvalue weighted by atomic mass is 10.3. The lowest BCUT2D eigenvalue weighted by Gasteiger charge is -2.12. The lowest BCUT2D eigenvalue weighted by molar-refractivity contribution is -0.120. The largest absolute Gasteiger partial charge is 0.383 e. The smallest absolute Gasteiger partial charge is 0.330 e. The molecule has 1 rings (SSSR count). The average molecular weight is 269 g/mol. The molecule has 0 radical (unpaired) electrons. The zero-order valence-electron chi connectivity index (χ0n) is 11.1. The monoisotopic (exact) mass is 269 g/mol. The standard InChI is InChI=1S/C11H19N5O3/c1-3-13-7(17)5-6-14-8-9(12)16(4-2)11(19)15-10(8)18/h14H,3-6,12H2,1-2H3,(H,13,17)(H,15,18,19). The molecule has 0 spiro atoms. The fourth-order valence-corrected chi connectivity index (χ4v) is 1.66. The van der Waals surface area contributed by atoms with Crippen LogP contribution in [-0.4, -0.2) is 28.5 Å². The summed E-state index contributed by atoms with van der Waals surface area (Å²) in [6.07, 6.45) is 0.220. The average Bonchev–Trinajstić information content (AvgIpc) is 2.34. The number of nitrogens with zero attached hydrogens (tertiary/aromatic N) is 1. The molecule has 0 bridgehead atoms. The molecule has 1 aromatic heterocycles. The van der Waals surface area contributed by atoms with Gasteiger partial charge in [0.15, 0.2) is 0 Å². The minimum absolute atomic E-state index is 0.0761. The maximum absolute atomic E-state index is 11.6. The van der Waals surface area contributed by atoms with Crippen molar-refractivity contribution in [3.63, 3.8) is 0 Å². The van der Waals surface area contributed by atoms with Gasteiger partial charge in [0, 0.05) is 26.1 Å². The number of hydrogen-bond acceptors (Lipinski definition) is 5. The zero-order chi connectivity index (χ0) is 14.4. The maximum atomic E-state index is 11.6. The number of H-pyrrole nitrogens is 1. The van der Waals surface area contributed by atoms with Crippen molar-refractivity contribution in [3.8, 4) is 0 Å². The Kier molecular flexibility index (Phi) is 5.16. The molecule has 5 N–H and O–H groups in total. The molecule has 8 nitrogen and oxygen atoms in total. The number of carbonyl (C=O) groups excluding carboxylic acids is 1. The highest BCUT2D eigenvalue weighted by Gasteiger charge is 2.11. The van der Waals surface area contributed by atoms with Gasteiger partial charge in [0.05, 0.1) is 0 Å². The van der Waals surface area contributed by atoms with E-state index in [4.69, 9.17) is 5.73 Å². The van der Waals surface area contributed by atoms with Crippen molar-refractivity contribution < 1.29 is 4.79 Å². The summed E-state index contributed by atoms with van der Waals surface area (Å²) in [6.45, 7) is 4.75. The van der Waals surface area contributed by atoms with E-state index in [0.29, 0.717) is 13.1 Å². The van der Waals surface area contributed by atoms with Crippen LogP contribution < -0.4 is 27.6 Å². The predicted octanol–water partition coefficient (Wildman–Crippen LogP) is -0.923. The number of nitrogens with two attached hydrogens (primary N) is 1. The Morgan fingerprint density at radius 3 is 2.63 bits per heavy atom. The van der Waals surface area contributed by atoms with Crippen LogP contribution in [0.2, 0.25) is 0 Å². The van der Waals surface area contributed by atoms with E-state index in [1.165, 1.54) is 4.57 Å². The Balaban J connectivity index is 2.82. The first-order valence-electron chi connectivity index (χ1n) is 6.14. The molecule has 1 amide bonds. The van der Waals surface area contributed by atoms with Gasteiger partial charge in [-0.1, -0.05) is 0 Å². The van der Waals surface area contributed by atoms with E-state index in [1.807, 2.05) is 6.92 Å². The summed E-state index contributed by atoms with van der Waals surface area (Å²) in [5.41, 5.74) is 4.74. The Hall–Kier alpha value is -2.25. The van der Waals surface area contributed by atoms with Crippen molar-refractivity contribution in [3.05, 3.63) is 20.8 Å². The van der Waals surface area contributed by atoms with Crippen molar-refractivity contribution in [2.24, 2.45) is 0 Å². The van der Waals surface area contributed by atoms with Gasteiger partial charge in [0.25, 0.3) is 5.56 Å². The van der Waals surface area contributed by atoms with Crippen LogP contribution in [0.15, 0.2) is 9.59 Å². The topological polar surface area (TPSA) is 122 Å². The number of aromatic nitrogens is 2. The molecular formula is C11H19N5O3. The first-order valence-corrected chi connectivity index (χ1v) is 6.14. The van der Waals surface area contributed by atoms with Crippen LogP contribution in [0, 0.1) is 0 Å². The van der Waals surface area contributed by atoms with E-state index < -0.39 is 11.2 Å². The second-order valence-electron chi connectivity index (χ2n) is 3.89. The van der Waals surface area contributed by atoms with Gasteiger partial charge in [0.1, 0.15) is 11.5 Å². The number of hydrogen-bond donors (Lipinski definition) is 4. The summed E-state index contributed by atoms with van der Waals surface area (Å²) in [6, 6.07) is 0. The van der Waals surface area contributed by atoms with E-state index in [9.17, 15) is 14.4 Å². The van der Waals surface area contributed by atoms with E-state index >= 15 is 0 Å². The summed E-state index contributed by atoms with van der Waals surface area (Å²) in [4.78, 5) is 36.5. The van der Waals surface area contributed by atoms with Crippen LogP contribution in [0.3, 0.4) is 0 Å². The third kappa shape index (κ3) is 3.60. The molecule has 0 saturated carbocycles. The fraction of sp³-hybridized carbons (Fsp3) is 0.545. The Morgan fingerprint density at radius 2 is 2.05 bits per heavy atom. The number of carbonyl (C=O) groups is 1. The number of nitrogen functional groups attached to an aromatic ring is 1. The van der Waals surface area contributed by atoms with Crippen molar-refractivity contribution >= 4 is 17.4 Å². The third-order valence-corrected chi connectivity index (χ3v) is 2.58. The molecule has 0 aliphatic rings. The zero-order valence-corrected chi connectivity index (χ0v) is 11.1. The van der Waals surface area contributed by atoms with E-state index in [1.54, 1.807) is 6.92 Å². The highest BCUT2D eigenvalue weighted by Crippen LogP contribution is 2.09. The number of aromatic amines is 1. The maximum Gasteiger partial charge on any atom is 0.330 e. The second kappa shape index (κ2) is 6.62. The highest BCUT2D eigenvalue weighted by atomic mass is 16.2. The molecule has 1 aromatic rings. The molecule has 0 aliphatic carbocycles. The molecule has 0 saturated heterocycles. The van der Waals surface area contributed by atoms with E-state index in [2.05, 4.69) is 15.6 Å². The Morgan fingerprint density at radius 1 is 1.37 bits per heavy atom. The second-order valence-corrected chi connectivity index (χ2v) is 3.89. The number of anilines is 2. The fourth-order valence-electron chi connectivity index (χ4n) is 1.66. The summed E-state index contributed by atoms with van der Waals surface area (Å²) in [5, 5.41) is 5.42. The third-order valence-electron chi connectivity index (χ3n) is 2.58. The molecule has 8 heteroatoms. The van der Waals surface area contributed by atoms with E-state index in [-0.39, 0.29) is 30.4 Å². The molecule has 106 valence electrons. The van der Waals surface area contributed by atoms with Crippen LogP contribution >= 0.6 is 0 Å². The van der Waals surface area contributed by atoms with Crippen LogP contribution in [-0.2, 0) is 11.3 Å². The number of amides is 1. The van der Waals surface area contributed by atoms with E-state index in [0.717, 1.165) is 0 Å². The van der Waals surface area contributed by atoms with Crippen LogP contribution in [0.1, 0.15) is 20.3 Å². The van der Waals surface area contributed by atoms with Crippen molar-refractivity contribution in [2.75, 3.05) is 24.1 Å². The molecule has 0 aliphatic heterocycles. The van der Waals surface area contributed by atoms with Gasteiger partial charge >= 0.3 is 5.69 Å². The molecule has 19 heavy (non-hydrogen) atoms. The van der Waals surface area contributed by atoms with Crippen LogP contribution in [0.25, 0.3) is 0 Å². The number of rotatable bonds is 6. The molecule has 0 unspecified atom stereocenters. The molecule has 0 atom stereocenters. The van der Waals surface area contributed by atoms with Crippen LogP contribution in [0.5, 0.6) is 0 Å². The minimum Gasteiger partial charge on any atom is -0.383 e. The van der Waals surface area contributed by atoms with Gasteiger partial charge in [-0.05, 0) is 13.8 Å². The summed E-state index contributed by atoms with van der Waals surface area (Å²) >= 11 is 0. The normalized spacial score (nSPS) is 10.2. The van der Waals surface area contributed by atoms with Gasteiger partial charge in [0.2, 0.25) is 5.91 Å². The quantitative estimate of drug-likeness (QED) is 0.532. The molecule has 1 heterocycles. The Labute approximate surface area is 110 Å². The molecular weight excluding hydrogens is 250 g/mol.